The Bertz CT molecular complexity index is 705. The molecule has 3 aromatic rings. The zero-order valence-corrected chi connectivity index (χ0v) is 11.6. The summed E-state index contributed by atoms with van der Waals surface area (Å²) < 4.78 is 4.36. The van der Waals surface area contributed by atoms with Crippen LogP contribution in [0, 0.1) is 0 Å². The second-order valence-electron chi connectivity index (χ2n) is 4.57. The van der Waals surface area contributed by atoms with Crippen molar-refractivity contribution in [3.05, 3.63) is 41.3 Å². The Morgan fingerprint density at radius 2 is 2.11 bits per heavy atom. The van der Waals surface area contributed by atoms with Gasteiger partial charge in [0.25, 0.3) is 0 Å². The highest BCUT2D eigenvalue weighted by Crippen LogP contribution is 2.26. The van der Waals surface area contributed by atoms with Gasteiger partial charge < -0.3 is 5.73 Å². The van der Waals surface area contributed by atoms with Crippen LogP contribution in [0.4, 0.5) is 5.82 Å². The minimum atomic E-state index is 0.589. The molecule has 3 nitrogen and oxygen atoms in total. The van der Waals surface area contributed by atoms with Crippen LogP contribution in [0.1, 0.15) is 18.9 Å². The van der Waals surface area contributed by atoms with Gasteiger partial charge in [-0.05, 0) is 41.7 Å². The molecule has 4 heteroatoms. The molecule has 0 fully saturated rings. The highest BCUT2D eigenvalue weighted by molar-refractivity contribution is 7.03. The Morgan fingerprint density at radius 3 is 2.84 bits per heavy atom. The molecule has 2 N–H and O–H groups in total. The lowest BCUT2D eigenvalue weighted by atomic mass is 10.0. The molecule has 0 aliphatic rings. The molecule has 0 unspecified atom stereocenters. The molecule has 0 amide bonds. The molecular formula is C15H15N3S. The van der Waals surface area contributed by atoms with Crippen LogP contribution >= 0.6 is 11.5 Å². The van der Waals surface area contributed by atoms with Crippen molar-refractivity contribution < 1.29 is 0 Å². The van der Waals surface area contributed by atoms with Gasteiger partial charge in [0.05, 0.1) is 11.2 Å². The van der Waals surface area contributed by atoms with Crippen LogP contribution in [0.2, 0.25) is 0 Å². The van der Waals surface area contributed by atoms with Crippen molar-refractivity contribution in [1.82, 2.24) is 9.36 Å². The van der Waals surface area contributed by atoms with E-state index in [4.69, 9.17) is 5.73 Å². The summed E-state index contributed by atoms with van der Waals surface area (Å²) in [6.45, 7) is 2.17. The van der Waals surface area contributed by atoms with Gasteiger partial charge in [0.2, 0.25) is 0 Å². The number of hydrogen-bond donors (Lipinski definition) is 1. The van der Waals surface area contributed by atoms with Gasteiger partial charge in [-0.25, -0.2) is 4.98 Å². The van der Waals surface area contributed by atoms with E-state index in [1.807, 2.05) is 17.5 Å². The standard InChI is InChI=1S/C15H15N3S/c1-2-3-10-9-15(16)17-14-8-11(4-5-12(10)14)13-6-7-19-18-13/h4-9H,2-3H2,1H3,(H2,16,17). The molecule has 2 heterocycles. The summed E-state index contributed by atoms with van der Waals surface area (Å²) >= 11 is 1.46. The van der Waals surface area contributed by atoms with E-state index in [9.17, 15) is 0 Å². The minimum Gasteiger partial charge on any atom is -0.384 e. The molecule has 96 valence electrons. The molecule has 0 spiro atoms. The van der Waals surface area contributed by atoms with E-state index in [-0.39, 0.29) is 0 Å². The zero-order chi connectivity index (χ0) is 13.2. The first kappa shape index (κ1) is 12.1. The Balaban J connectivity index is 2.18. The number of aryl methyl sites for hydroxylation is 1. The number of rotatable bonds is 3. The lowest BCUT2D eigenvalue weighted by molar-refractivity contribution is 0.928. The summed E-state index contributed by atoms with van der Waals surface area (Å²) in [5.41, 5.74) is 10.2. The van der Waals surface area contributed by atoms with E-state index < -0.39 is 0 Å². The molecule has 0 atom stereocenters. The number of aromatic nitrogens is 2. The Kier molecular flexibility index (Phi) is 3.17. The first-order valence-corrected chi connectivity index (χ1v) is 7.21. The molecular weight excluding hydrogens is 254 g/mol. The summed E-state index contributed by atoms with van der Waals surface area (Å²) in [5, 5.41) is 3.17. The smallest absolute Gasteiger partial charge is 0.124 e. The summed E-state index contributed by atoms with van der Waals surface area (Å²) in [6, 6.07) is 10.3. The minimum absolute atomic E-state index is 0.589. The summed E-state index contributed by atoms with van der Waals surface area (Å²) in [4.78, 5) is 4.44. The average molecular weight is 269 g/mol. The zero-order valence-electron chi connectivity index (χ0n) is 10.8. The maximum atomic E-state index is 5.90. The maximum absolute atomic E-state index is 5.90. The maximum Gasteiger partial charge on any atom is 0.124 e. The number of fused-ring (bicyclic) bond motifs is 1. The van der Waals surface area contributed by atoms with Crippen molar-refractivity contribution in [2.75, 3.05) is 5.73 Å². The molecule has 0 radical (unpaired) electrons. The summed E-state index contributed by atoms with van der Waals surface area (Å²) in [5.74, 6) is 0.589. The van der Waals surface area contributed by atoms with Gasteiger partial charge in [-0.3, -0.25) is 0 Å². The van der Waals surface area contributed by atoms with E-state index in [1.54, 1.807) is 0 Å². The van der Waals surface area contributed by atoms with Gasteiger partial charge in [-0.1, -0.05) is 25.5 Å². The topological polar surface area (TPSA) is 51.8 Å². The predicted octanol–water partition coefficient (Wildman–Crippen LogP) is 3.89. The molecule has 1 aromatic carbocycles. The van der Waals surface area contributed by atoms with E-state index in [2.05, 4.69) is 34.5 Å². The van der Waals surface area contributed by atoms with Gasteiger partial charge in [0.1, 0.15) is 5.82 Å². The first-order valence-electron chi connectivity index (χ1n) is 6.38. The van der Waals surface area contributed by atoms with E-state index in [0.29, 0.717) is 5.82 Å². The number of nitrogens with two attached hydrogens (primary N) is 1. The highest BCUT2D eigenvalue weighted by Gasteiger charge is 2.07. The molecule has 3 rings (SSSR count). The lowest BCUT2D eigenvalue weighted by Gasteiger charge is -2.08. The van der Waals surface area contributed by atoms with Gasteiger partial charge in [-0.2, -0.15) is 4.37 Å². The molecule has 19 heavy (non-hydrogen) atoms. The fourth-order valence-corrected chi connectivity index (χ4v) is 2.85. The molecule has 0 bridgehead atoms. The molecule has 2 aromatic heterocycles. The quantitative estimate of drug-likeness (QED) is 0.784. The number of benzene rings is 1. The van der Waals surface area contributed by atoms with Crippen LogP contribution in [0.15, 0.2) is 35.7 Å². The monoisotopic (exact) mass is 269 g/mol. The number of hydrogen-bond acceptors (Lipinski definition) is 4. The molecule has 0 aliphatic carbocycles. The Morgan fingerprint density at radius 1 is 1.21 bits per heavy atom. The molecule has 0 aliphatic heterocycles. The second-order valence-corrected chi connectivity index (χ2v) is 5.24. The first-order chi connectivity index (χ1) is 9.28. The third kappa shape index (κ3) is 2.31. The largest absolute Gasteiger partial charge is 0.384 e. The normalized spacial score (nSPS) is 11.0. The molecule has 0 saturated carbocycles. The van der Waals surface area contributed by atoms with Crippen molar-refractivity contribution in [1.29, 1.82) is 0 Å². The number of nitrogens with zero attached hydrogens (tertiary/aromatic N) is 2. The third-order valence-corrected chi connectivity index (χ3v) is 3.73. The van der Waals surface area contributed by atoms with Crippen LogP contribution < -0.4 is 5.73 Å². The number of anilines is 1. The number of nitrogen functional groups attached to an aromatic ring is 1. The predicted molar refractivity (Wildman–Crippen MR) is 81.3 cm³/mol. The number of pyridine rings is 1. The van der Waals surface area contributed by atoms with Gasteiger partial charge in [0, 0.05) is 16.3 Å². The second kappa shape index (κ2) is 4.97. The van der Waals surface area contributed by atoms with Crippen molar-refractivity contribution in [3.63, 3.8) is 0 Å². The highest BCUT2D eigenvalue weighted by atomic mass is 32.1. The third-order valence-electron chi connectivity index (χ3n) is 3.17. The van der Waals surface area contributed by atoms with Crippen LogP contribution in [0.25, 0.3) is 22.2 Å². The van der Waals surface area contributed by atoms with E-state index >= 15 is 0 Å². The van der Waals surface area contributed by atoms with Gasteiger partial charge >= 0.3 is 0 Å². The SMILES string of the molecule is CCCc1cc(N)nc2cc(-c3ccsn3)ccc12. The lowest BCUT2D eigenvalue weighted by Crippen LogP contribution is -1.95. The van der Waals surface area contributed by atoms with Crippen molar-refractivity contribution >= 4 is 28.3 Å². The van der Waals surface area contributed by atoms with E-state index in [0.717, 1.165) is 29.6 Å². The fraction of sp³-hybridized carbons (Fsp3) is 0.200. The van der Waals surface area contributed by atoms with Crippen molar-refractivity contribution in [2.24, 2.45) is 0 Å². The Hall–Kier alpha value is -1.94. The van der Waals surface area contributed by atoms with Gasteiger partial charge in [0.15, 0.2) is 0 Å². The average Bonchev–Trinajstić information content (AvgIpc) is 2.92. The van der Waals surface area contributed by atoms with Crippen LogP contribution in [-0.2, 0) is 6.42 Å². The van der Waals surface area contributed by atoms with E-state index in [1.165, 1.54) is 22.5 Å². The molecule has 0 saturated heterocycles. The van der Waals surface area contributed by atoms with Crippen LogP contribution in [0.5, 0.6) is 0 Å². The van der Waals surface area contributed by atoms with Crippen molar-refractivity contribution in [3.8, 4) is 11.3 Å². The van der Waals surface area contributed by atoms with Crippen molar-refractivity contribution in [2.45, 2.75) is 19.8 Å². The summed E-state index contributed by atoms with van der Waals surface area (Å²) in [6.07, 6.45) is 2.13. The van der Waals surface area contributed by atoms with Crippen LogP contribution in [0.3, 0.4) is 0 Å². The fourth-order valence-electron chi connectivity index (χ4n) is 2.32. The Labute approximate surface area is 116 Å². The van der Waals surface area contributed by atoms with Gasteiger partial charge in [-0.15, -0.1) is 0 Å². The summed E-state index contributed by atoms with van der Waals surface area (Å²) in [7, 11) is 0. The van der Waals surface area contributed by atoms with Crippen LogP contribution in [-0.4, -0.2) is 9.36 Å².